The molecule has 0 amide bonds. The van der Waals surface area contributed by atoms with E-state index in [1.54, 1.807) is 18.2 Å². The number of carboxylic acids is 1. The summed E-state index contributed by atoms with van der Waals surface area (Å²) in [6.45, 7) is 11.9. The molecular weight excluding hydrogens is 384 g/mol. The fourth-order valence-corrected chi connectivity index (χ4v) is 3.53. The maximum absolute atomic E-state index is 11.7. The molecule has 0 heterocycles. The van der Waals surface area contributed by atoms with Crippen molar-refractivity contribution < 1.29 is 19.4 Å². The van der Waals surface area contributed by atoms with Crippen molar-refractivity contribution >= 4 is 23.1 Å². The Morgan fingerprint density at radius 1 is 1.10 bits per heavy atom. The average molecular weight is 411 g/mol. The molecule has 0 fully saturated rings. The summed E-state index contributed by atoms with van der Waals surface area (Å²) < 4.78 is 11.7. The number of carboxylic acid groups (broad SMARTS) is 1. The topological polar surface area (TPSA) is 55.8 Å². The van der Waals surface area contributed by atoms with Crippen LogP contribution >= 0.6 is 12.2 Å². The van der Waals surface area contributed by atoms with Gasteiger partial charge in [0, 0.05) is 11.6 Å². The van der Waals surface area contributed by atoms with Crippen molar-refractivity contribution in [3.05, 3.63) is 83.5 Å². The van der Waals surface area contributed by atoms with Crippen LogP contribution < -0.4 is 9.47 Å². The maximum Gasteiger partial charge on any atom is 0.307 e. The third-order valence-corrected chi connectivity index (χ3v) is 4.81. The quantitative estimate of drug-likeness (QED) is 0.318. The third-order valence-electron chi connectivity index (χ3n) is 4.37. The Morgan fingerprint density at radius 3 is 2.31 bits per heavy atom. The third kappa shape index (κ3) is 5.55. The Balaban J connectivity index is 2.77. The number of benzene rings is 2. The van der Waals surface area contributed by atoms with Crippen molar-refractivity contribution in [1.82, 2.24) is 0 Å². The van der Waals surface area contributed by atoms with Crippen LogP contribution in [0.5, 0.6) is 11.5 Å². The van der Waals surface area contributed by atoms with Crippen molar-refractivity contribution in [2.45, 2.75) is 26.7 Å². The SMILES string of the molecule is C=CCOc1cc(OCC=C)c(C(=S)c2cccc(C)c2)c(CC(=O)O)c1CC. The Kier molecular flexibility index (Phi) is 8.16. The van der Waals surface area contributed by atoms with E-state index in [1.807, 2.05) is 38.1 Å². The van der Waals surface area contributed by atoms with Gasteiger partial charge in [-0.25, -0.2) is 0 Å². The van der Waals surface area contributed by atoms with E-state index in [9.17, 15) is 9.90 Å². The zero-order valence-corrected chi connectivity index (χ0v) is 17.7. The molecule has 0 atom stereocenters. The summed E-state index contributed by atoms with van der Waals surface area (Å²) in [4.78, 5) is 12.2. The molecule has 4 nitrogen and oxygen atoms in total. The van der Waals surface area contributed by atoms with Crippen LogP contribution in [0.15, 0.2) is 55.6 Å². The second-order valence-corrected chi connectivity index (χ2v) is 6.94. The molecular formula is C24H26O4S. The monoisotopic (exact) mass is 410 g/mol. The van der Waals surface area contributed by atoms with Gasteiger partial charge in [0.15, 0.2) is 0 Å². The van der Waals surface area contributed by atoms with Gasteiger partial charge in [-0.05, 0) is 30.0 Å². The molecule has 0 unspecified atom stereocenters. The number of ether oxygens (including phenoxy) is 2. The average Bonchev–Trinajstić information content (AvgIpc) is 2.69. The van der Waals surface area contributed by atoms with Crippen molar-refractivity contribution in [3.63, 3.8) is 0 Å². The van der Waals surface area contributed by atoms with E-state index in [1.165, 1.54) is 0 Å². The predicted octanol–water partition coefficient (Wildman–Crippen LogP) is 5.08. The minimum Gasteiger partial charge on any atom is -0.489 e. The number of hydrogen-bond donors (Lipinski definition) is 1. The molecule has 0 spiro atoms. The lowest BCUT2D eigenvalue weighted by Crippen LogP contribution is -2.15. The molecule has 0 aliphatic heterocycles. The van der Waals surface area contributed by atoms with E-state index in [-0.39, 0.29) is 13.0 Å². The fraction of sp³-hybridized carbons (Fsp3) is 0.250. The van der Waals surface area contributed by atoms with Gasteiger partial charge in [0.05, 0.1) is 11.3 Å². The Morgan fingerprint density at radius 2 is 1.76 bits per heavy atom. The second-order valence-electron chi connectivity index (χ2n) is 6.53. The van der Waals surface area contributed by atoms with Gasteiger partial charge in [-0.1, -0.05) is 74.3 Å². The number of aliphatic carboxylic acids is 1. The van der Waals surface area contributed by atoms with E-state index in [2.05, 4.69) is 13.2 Å². The summed E-state index contributed by atoms with van der Waals surface area (Å²) in [5.74, 6) is 0.131. The zero-order valence-electron chi connectivity index (χ0n) is 16.9. The Labute approximate surface area is 177 Å². The van der Waals surface area contributed by atoms with Crippen LogP contribution in [0, 0.1) is 6.92 Å². The summed E-state index contributed by atoms with van der Waals surface area (Å²) in [5, 5.41) is 9.58. The van der Waals surface area contributed by atoms with Crippen molar-refractivity contribution in [2.75, 3.05) is 13.2 Å². The molecule has 0 radical (unpaired) electrons. The normalized spacial score (nSPS) is 10.3. The fourth-order valence-electron chi connectivity index (χ4n) is 3.18. The lowest BCUT2D eigenvalue weighted by atomic mass is 9.90. The molecule has 0 aliphatic rings. The van der Waals surface area contributed by atoms with Gasteiger partial charge in [0.1, 0.15) is 24.7 Å². The van der Waals surface area contributed by atoms with Crippen LogP contribution in [0.3, 0.4) is 0 Å². The lowest BCUT2D eigenvalue weighted by molar-refractivity contribution is -0.136. The summed E-state index contributed by atoms with van der Waals surface area (Å²) in [7, 11) is 0. The molecule has 0 aromatic heterocycles. The van der Waals surface area contributed by atoms with Gasteiger partial charge in [0.2, 0.25) is 0 Å². The Hall–Kier alpha value is -2.92. The molecule has 29 heavy (non-hydrogen) atoms. The first kappa shape index (κ1) is 22.4. The first-order valence-electron chi connectivity index (χ1n) is 9.42. The van der Waals surface area contributed by atoms with Crippen molar-refractivity contribution in [1.29, 1.82) is 0 Å². The molecule has 2 rings (SSSR count). The minimum absolute atomic E-state index is 0.180. The number of thiocarbonyl (C=S) groups is 1. The molecule has 0 saturated heterocycles. The van der Waals surface area contributed by atoms with Gasteiger partial charge in [-0.2, -0.15) is 0 Å². The standard InChI is InChI=1S/C24H26O4S/c1-5-11-27-20-15-21(28-12-6-2)23(19(14-22(25)26)18(20)7-3)24(29)17-10-8-9-16(4)13-17/h5-6,8-10,13,15H,1-2,7,11-12,14H2,3-4H3,(H,25,26). The maximum atomic E-state index is 11.7. The van der Waals surface area contributed by atoms with Crippen LogP contribution in [-0.4, -0.2) is 29.2 Å². The highest BCUT2D eigenvalue weighted by atomic mass is 32.1. The van der Waals surface area contributed by atoms with Gasteiger partial charge in [-0.15, -0.1) is 0 Å². The molecule has 2 aromatic rings. The van der Waals surface area contributed by atoms with Crippen LogP contribution in [0.1, 0.15) is 34.7 Å². The molecule has 0 saturated carbocycles. The van der Waals surface area contributed by atoms with E-state index in [0.717, 1.165) is 16.7 Å². The van der Waals surface area contributed by atoms with Crippen LogP contribution in [-0.2, 0) is 17.6 Å². The van der Waals surface area contributed by atoms with Gasteiger partial charge >= 0.3 is 5.97 Å². The van der Waals surface area contributed by atoms with Crippen molar-refractivity contribution in [2.24, 2.45) is 0 Å². The predicted molar refractivity (Wildman–Crippen MR) is 121 cm³/mol. The van der Waals surface area contributed by atoms with Crippen LogP contribution in [0.4, 0.5) is 0 Å². The summed E-state index contributed by atoms with van der Waals surface area (Å²) in [6, 6.07) is 9.61. The molecule has 152 valence electrons. The van der Waals surface area contributed by atoms with Crippen LogP contribution in [0.2, 0.25) is 0 Å². The largest absolute Gasteiger partial charge is 0.489 e. The number of rotatable bonds is 11. The summed E-state index contributed by atoms with van der Waals surface area (Å²) in [5.41, 5.74) is 3.96. The first-order chi connectivity index (χ1) is 13.9. The molecule has 5 heteroatoms. The second kappa shape index (κ2) is 10.6. The molecule has 2 aromatic carbocycles. The Bertz CT molecular complexity index is 931. The molecule has 0 aliphatic carbocycles. The smallest absolute Gasteiger partial charge is 0.307 e. The van der Waals surface area contributed by atoms with Gasteiger partial charge in [0.25, 0.3) is 0 Å². The van der Waals surface area contributed by atoms with Gasteiger partial charge < -0.3 is 14.6 Å². The number of carbonyl (C=O) groups is 1. The highest BCUT2D eigenvalue weighted by molar-refractivity contribution is 7.81. The highest BCUT2D eigenvalue weighted by Gasteiger charge is 2.24. The number of aryl methyl sites for hydroxylation is 1. The van der Waals surface area contributed by atoms with Crippen molar-refractivity contribution in [3.8, 4) is 11.5 Å². The molecule has 1 N–H and O–H groups in total. The summed E-state index contributed by atoms with van der Waals surface area (Å²) >= 11 is 5.81. The lowest BCUT2D eigenvalue weighted by Gasteiger charge is -2.22. The van der Waals surface area contributed by atoms with E-state index >= 15 is 0 Å². The molecule has 0 bridgehead atoms. The van der Waals surface area contributed by atoms with E-state index in [0.29, 0.717) is 40.5 Å². The van der Waals surface area contributed by atoms with E-state index < -0.39 is 5.97 Å². The summed E-state index contributed by atoms with van der Waals surface area (Å²) in [6.07, 6.45) is 3.70. The minimum atomic E-state index is -0.941. The number of hydrogen-bond acceptors (Lipinski definition) is 4. The first-order valence-corrected chi connectivity index (χ1v) is 9.83. The van der Waals surface area contributed by atoms with Crippen LogP contribution in [0.25, 0.3) is 0 Å². The zero-order chi connectivity index (χ0) is 21.4. The van der Waals surface area contributed by atoms with Gasteiger partial charge in [-0.3, -0.25) is 4.79 Å². The highest BCUT2D eigenvalue weighted by Crippen LogP contribution is 2.37. The van der Waals surface area contributed by atoms with E-state index in [4.69, 9.17) is 21.7 Å².